The van der Waals surface area contributed by atoms with Crippen LogP contribution >= 0.6 is 0 Å². The third-order valence-corrected chi connectivity index (χ3v) is 4.71. The van der Waals surface area contributed by atoms with Crippen molar-refractivity contribution in [3.05, 3.63) is 53.8 Å². The molecule has 0 spiro atoms. The van der Waals surface area contributed by atoms with Crippen molar-refractivity contribution in [1.82, 2.24) is 5.32 Å². The molecule has 2 aromatic carbocycles. The van der Waals surface area contributed by atoms with Crippen LogP contribution in [-0.4, -0.2) is 26.5 Å². The van der Waals surface area contributed by atoms with Crippen molar-refractivity contribution < 1.29 is 20.0 Å². The molecule has 24 heavy (non-hydrogen) atoms. The van der Waals surface area contributed by atoms with Crippen LogP contribution in [0.5, 0.6) is 17.2 Å². The van der Waals surface area contributed by atoms with Gasteiger partial charge >= 0.3 is 0 Å². The van der Waals surface area contributed by atoms with Crippen molar-refractivity contribution in [2.24, 2.45) is 5.92 Å². The van der Waals surface area contributed by atoms with Crippen LogP contribution < -0.4 is 19.5 Å². The second-order valence-corrected chi connectivity index (χ2v) is 6.24. The van der Waals surface area contributed by atoms with E-state index in [1.54, 1.807) is 0 Å². The van der Waals surface area contributed by atoms with Crippen LogP contribution in [0.4, 0.5) is 4.39 Å². The van der Waals surface area contributed by atoms with Crippen molar-refractivity contribution in [2.45, 2.75) is 12.3 Å². The molecule has 2 aromatic rings. The zero-order valence-corrected chi connectivity index (χ0v) is 13.3. The summed E-state index contributed by atoms with van der Waals surface area (Å²) in [5, 5.41) is 3.43. The monoisotopic (exact) mass is 331 g/mol. The summed E-state index contributed by atoms with van der Waals surface area (Å²) >= 11 is 0. The molecule has 2 aliphatic rings. The fraction of sp³-hybridized carbons (Fsp3) is 0.368. The molecule has 1 N–H and O–H groups in total. The fourth-order valence-corrected chi connectivity index (χ4v) is 3.42. The van der Waals surface area contributed by atoms with Gasteiger partial charge in [-0.3, -0.25) is 0 Å². The number of hydrogen-bond acceptors (Lipinski definition) is 4. The number of benzene rings is 2. The fourth-order valence-electron chi connectivity index (χ4n) is 3.42. The van der Waals surface area contributed by atoms with E-state index in [4.69, 9.17) is 14.2 Å². The van der Waals surface area contributed by atoms with E-state index >= 15 is 0 Å². The van der Waals surface area contributed by atoms with Crippen LogP contribution in [0, 0.1) is 11.7 Å². The van der Waals surface area contributed by atoms with Gasteiger partial charge in [0.25, 0.3) is 0 Å². The number of piperidine rings is 1. The molecule has 0 unspecified atom stereocenters. The van der Waals surface area contributed by atoms with Gasteiger partial charge in [-0.25, -0.2) is 4.39 Å². The first-order valence-corrected chi connectivity index (χ1v) is 8.28. The van der Waals surface area contributed by atoms with Crippen molar-refractivity contribution >= 4 is 0 Å². The Kier molecular flexibility index (Phi) is 4.26. The lowest BCUT2D eigenvalue weighted by Gasteiger charge is -2.32. The number of fused-ring (bicyclic) bond motifs is 1. The van der Waals surface area contributed by atoms with Gasteiger partial charge in [0.15, 0.2) is 11.5 Å². The summed E-state index contributed by atoms with van der Waals surface area (Å²) in [6.07, 6.45) is 1.03. The lowest BCUT2D eigenvalue weighted by molar-refractivity contribution is 0.173. The summed E-state index contributed by atoms with van der Waals surface area (Å²) in [6, 6.07) is 12.5. The zero-order chi connectivity index (χ0) is 16.4. The maximum Gasteiger partial charge on any atom is 0.231 e. The molecule has 4 rings (SSSR count). The highest BCUT2D eigenvalue weighted by Gasteiger charge is 2.27. The Hall–Kier alpha value is -2.27. The highest BCUT2D eigenvalue weighted by molar-refractivity contribution is 5.46. The minimum atomic E-state index is -0.194. The van der Waals surface area contributed by atoms with Crippen LogP contribution in [0.25, 0.3) is 0 Å². The Balaban J connectivity index is 0.00000182. The first-order chi connectivity index (χ1) is 11.8. The number of hydrogen-bond donors (Lipinski definition) is 1. The van der Waals surface area contributed by atoms with Gasteiger partial charge in [0.1, 0.15) is 11.6 Å². The van der Waals surface area contributed by atoms with Gasteiger partial charge in [-0.1, -0.05) is 12.1 Å². The summed E-state index contributed by atoms with van der Waals surface area (Å²) in [7, 11) is 0. The van der Waals surface area contributed by atoms with Crippen LogP contribution in [0.15, 0.2) is 42.5 Å². The summed E-state index contributed by atoms with van der Waals surface area (Å²) in [5.74, 6) is 2.79. The second-order valence-electron chi connectivity index (χ2n) is 6.24. The third kappa shape index (κ3) is 3.17. The van der Waals surface area contributed by atoms with E-state index in [0.29, 0.717) is 18.4 Å². The Labute approximate surface area is 142 Å². The van der Waals surface area contributed by atoms with E-state index < -0.39 is 0 Å². The average Bonchev–Trinajstić information content (AvgIpc) is 3.09. The van der Waals surface area contributed by atoms with Crippen LogP contribution in [0.3, 0.4) is 0 Å². The lowest BCUT2D eigenvalue weighted by Crippen LogP contribution is -2.38. The largest absolute Gasteiger partial charge is 0.493 e. The summed E-state index contributed by atoms with van der Waals surface area (Å²) in [6.45, 7) is 2.74. The number of ether oxygens (including phenoxy) is 3. The van der Waals surface area contributed by atoms with Crippen molar-refractivity contribution in [3.8, 4) is 17.2 Å². The van der Waals surface area contributed by atoms with Gasteiger partial charge in [-0.2, -0.15) is 0 Å². The Morgan fingerprint density at radius 3 is 2.83 bits per heavy atom. The summed E-state index contributed by atoms with van der Waals surface area (Å²) in [4.78, 5) is 0. The maximum absolute atomic E-state index is 13.2. The molecule has 1 fully saturated rings. The molecule has 0 saturated carbocycles. The number of rotatable bonds is 4. The van der Waals surface area contributed by atoms with Crippen LogP contribution in [0.2, 0.25) is 0 Å². The van der Waals surface area contributed by atoms with Crippen LogP contribution in [-0.2, 0) is 0 Å². The predicted molar refractivity (Wildman–Crippen MR) is 90.3 cm³/mol. The van der Waals surface area contributed by atoms with Gasteiger partial charge in [0.2, 0.25) is 6.79 Å². The molecule has 4 nitrogen and oxygen atoms in total. The maximum atomic E-state index is 13.2. The quantitative estimate of drug-likeness (QED) is 0.930. The normalized spacial score (nSPS) is 22.4. The van der Waals surface area contributed by atoms with Gasteiger partial charge in [0.05, 0.1) is 6.61 Å². The molecule has 2 aliphatic heterocycles. The topological polar surface area (TPSA) is 39.7 Å². The van der Waals surface area contributed by atoms with E-state index in [9.17, 15) is 4.39 Å². The minimum Gasteiger partial charge on any atom is -0.493 e. The molecule has 5 heteroatoms. The van der Waals surface area contributed by atoms with Gasteiger partial charge < -0.3 is 19.5 Å². The molecule has 1 saturated heterocycles. The molecule has 2 heterocycles. The van der Waals surface area contributed by atoms with Crippen LogP contribution in [0.1, 0.15) is 19.3 Å². The van der Waals surface area contributed by atoms with Gasteiger partial charge in [-0.05, 0) is 48.7 Å². The van der Waals surface area contributed by atoms with E-state index in [1.165, 1.54) is 17.7 Å². The van der Waals surface area contributed by atoms with E-state index in [-0.39, 0.29) is 14.0 Å². The smallest absolute Gasteiger partial charge is 0.231 e. The molecule has 2 atom stereocenters. The third-order valence-electron chi connectivity index (χ3n) is 4.71. The van der Waals surface area contributed by atoms with E-state index in [2.05, 4.69) is 5.32 Å². The summed E-state index contributed by atoms with van der Waals surface area (Å²) in [5.41, 5.74) is 1.18. The zero-order valence-electron chi connectivity index (χ0n) is 13.3. The molecule has 0 aliphatic carbocycles. The molecule has 0 bridgehead atoms. The predicted octanol–water partition coefficient (Wildman–Crippen LogP) is 3.57. The van der Waals surface area contributed by atoms with Gasteiger partial charge in [0, 0.05) is 20.0 Å². The first-order valence-electron chi connectivity index (χ1n) is 8.28. The van der Waals surface area contributed by atoms with Crippen molar-refractivity contribution in [3.63, 3.8) is 0 Å². The molecule has 0 radical (unpaired) electrons. The number of nitrogens with one attached hydrogen (secondary N) is 1. The Morgan fingerprint density at radius 1 is 1.12 bits per heavy atom. The SMILES string of the molecule is Fc1ccc([C@@H]2CCNC[C@H]2COc2ccc3c(c2)OCO3)cc1.[HH]. The standard InChI is InChI=1S/C19H20FNO3.H2/c20-15-3-1-13(2-4-15)17-7-8-21-10-14(17)11-22-16-5-6-18-19(9-16)24-12-23-18;/h1-6,9,14,17,21H,7-8,10-12H2;1H/t14-,17-;/m0./s1. The number of halogens is 1. The summed E-state index contributed by atoms with van der Waals surface area (Å²) < 4.78 is 29.9. The molecule has 128 valence electrons. The van der Waals surface area contributed by atoms with E-state index in [1.807, 2.05) is 30.3 Å². The lowest BCUT2D eigenvalue weighted by atomic mass is 9.81. The molecule has 0 aromatic heterocycles. The Bertz CT molecular complexity index is 710. The molecule has 0 amide bonds. The average molecular weight is 331 g/mol. The van der Waals surface area contributed by atoms with E-state index in [0.717, 1.165) is 36.8 Å². The molecular formula is C19H22FNO3. The Morgan fingerprint density at radius 2 is 1.96 bits per heavy atom. The molecular weight excluding hydrogens is 309 g/mol. The second kappa shape index (κ2) is 6.69. The van der Waals surface area contributed by atoms with Gasteiger partial charge in [-0.15, -0.1) is 0 Å². The highest BCUT2D eigenvalue weighted by Crippen LogP contribution is 2.36. The van der Waals surface area contributed by atoms with Crippen molar-refractivity contribution in [1.29, 1.82) is 0 Å². The highest BCUT2D eigenvalue weighted by atomic mass is 19.1. The van der Waals surface area contributed by atoms with Crippen molar-refractivity contribution in [2.75, 3.05) is 26.5 Å². The minimum absolute atomic E-state index is 0. The first kappa shape index (κ1) is 15.3.